The van der Waals surface area contributed by atoms with Crippen LogP contribution in [0, 0.1) is 14.9 Å². The van der Waals surface area contributed by atoms with Crippen LogP contribution in [-0.2, 0) is 11.4 Å². The maximum atomic E-state index is 12.5. The smallest absolute Gasteiger partial charge is 0.266 e. The second-order valence-corrected chi connectivity index (χ2v) is 8.38. The minimum absolute atomic E-state index is 0.0354. The summed E-state index contributed by atoms with van der Waals surface area (Å²) in [7, 11) is 0. The summed E-state index contributed by atoms with van der Waals surface area (Å²) in [6.07, 6.45) is 1.57. The summed E-state index contributed by atoms with van der Waals surface area (Å²) >= 11 is 2.17. The first kappa shape index (κ1) is 21.6. The highest BCUT2D eigenvalue weighted by Gasteiger charge is 2.10. The number of halogens is 1. The average molecular weight is 530 g/mol. The lowest BCUT2D eigenvalue weighted by Crippen LogP contribution is -2.13. The predicted molar refractivity (Wildman–Crippen MR) is 136 cm³/mol. The summed E-state index contributed by atoms with van der Waals surface area (Å²) < 4.78 is 6.96. The predicted octanol–water partition coefficient (Wildman–Crippen LogP) is 6.57. The van der Waals surface area contributed by atoms with Gasteiger partial charge in [0.2, 0.25) is 0 Å². The Hall–Kier alpha value is -3.63. The summed E-state index contributed by atoms with van der Waals surface area (Å²) in [6, 6.07) is 31.1. The number of hydrogen-bond acceptors (Lipinski definition) is 3. The molecule has 0 bridgehead atoms. The molecule has 0 aromatic heterocycles. The molecule has 0 aliphatic carbocycles. The normalized spacial score (nSPS) is 11.1. The van der Waals surface area contributed by atoms with Crippen LogP contribution in [0.3, 0.4) is 0 Å². The quantitative estimate of drug-likeness (QED) is 0.174. The van der Waals surface area contributed by atoms with Gasteiger partial charge in [-0.05, 0) is 80.9 Å². The molecule has 0 radical (unpaired) electrons. The SMILES string of the molecule is N#C/C(=C\c1ccc(OCc2cccc3ccccc23)cc1)C(=O)Nc1cccc(I)c1. The van der Waals surface area contributed by atoms with E-state index in [1.54, 1.807) is 12.1 Å². The molecule has 32 heavy (non-hydrogen) atoms. The van der Waals surface area contributed by atoms with Crippen molar-refractivity contribution in [2.45, 2.75) is 6.61 Å². The Morgan fingerprint density at radius 3 is 2.50 bits per heavy atom. The zero-order chi connectivity index (χ0) is 22.3. The molecule has 0 aliphatic heterocycles. The van der Waals surface area contributed by atoms with Crippen molar-refractivity contribution in [2.24, 2.45) is 0 Å². The first-order valence-corrected chi connectivity index (χ1v) is 11.1. The molecule has 1 N–H and O–H groups in total. The van der Waals surface area contributed by atoms with Gasteiger partial charge in [-0.3, -0.25) is 4.79 Å². The number of benzene rings is 4. The van der Waals surface area contributed by atoms with Crippen molar-refractivity contribution in [3.05, 3.63) is 111 Å². The zero-order valence-electron chi connectivity index (χ0n) is 17.1. The number of nitriles is 1. The molecule has 0 heterocycles. The van der Waals surface area contributed by atoms with Gasteiger partial charge in [0.05, 0.1) is 0 Å². The highest BCUT2D eigenvalue weighted by Crippen LogP contribution is 2.22. The Morgan fingerprint density at radius 1 is 0.969 bits per heavy atom. The second kappa shape index (κ2) is 10.1. The summed E-state index contributed by atoms with van der Waals surface area (Å²) in [5.74, 6) is 0.280. The first-order chi connectivity index (χ1) is 15.6. The van der Waals surface area contributed by atoms with Gasteiger partial charge in [0.1, 0.15) is 24.0 Å². The van der Waals surface area contributed by atoms with Crippen LogP contribution < -0.4 is 10.1 Å². The minimum Gasteiger partial charge on any atom is -0.489 e. The number of fused-ring (bicyclic) bond motifs is 1. The van der Waals surface area contributed by atoms with Crippen LogP contribution in [0.25, 0.3) is 16.8 Å². The van der Waals surface area contributed by atoms with Gasteiger partial charge < -0.3 is 10.1 Å². The third-order valence-electron chi connectivity index (χ3n) is 4.91. The number of ether oxygens (including phenoxy) is 1. The molecular weight excluding hydrogens is 511 g/mol. The van der Waals surface area contributed by atoms with Gasteiger partial charge >= 0.3 is 0 Å². The summed E-state index contributed by atoms with van der Waals surface area (Å²) in [5.41, 5.74) is 2.55. The molecule has 0 fully saturated rings. The molecule has 156 valence electrons. The van der Waals surface area contributed by atoms with Crippen LogP contribution in [0.1, 0.15) is 11.1 Å². The molecule has 4 aromatic rings. The minimum atomic E-state index is -0.439. The van der Waals surface area contributed by atoms with E-state index in [1.165, 1.54) is 10.8 Å². The maximum absolute atomic E-state index is 12.5. The molecule has 0 aliphatic rings. The number of nitrogens with one attached hydrogen (secondary N) is 1. The molecule has 0 saturated carbocycles. The van der Waals surface area contributed by atoms with Crippen molar-refractivity contribution >= 4 is 51.0 Å². The van der Waals surface area contributed by atoms with Crippen molar-refractivity contribution in [1.29, 1.82) is 5.26 Å². The number of carbonyl (C=O) groups excluding carboxylic acids is 1. The Kier molecular flexibility index (Phi) is 6.83. The highest BCUT2D eigenvalue weighted by molar-refractivity contribution is 14.1. The topological polar surface area (TPSA) is 62.1 Å². The van der Waals surface area contributed by atoms with E-state index in [9.17, 15) is 10.1 Å². The van der Waals surface area contributed by atoms with E-state index >= 15 is 0 Å². The van der Waals surface area contributed by atoms with Gasteiger partial charge in [-0.15, -0.1) is 0 Å². The first-order valence-electron chi connectivity index (χ1n) is 10.0. The van der Waals surface area contributed by atoms with Gasteiger partial charge in [-0.1, -0.05) is 60.7 Å². The van der Waals surface area contributed by atoms with Gasteiger partial charge in [-0.2, -0.15) is 5.26 Å². The molecular formula is C27H19IN2O2. The third-order valence-corrected chi connectivity index (χ3v) is 5.58. The monoisotopic (exact) mass is 530 g/mol. The number of hydrogen-bond donors (Lipinski definition) is 1. The molecule has 4 aromatic carbocycles. The van der Waals surface area contributed by atoms with E-state index in [2.05, 4.69) is 52.2 Å². The van der Waals surface area contributed by atoms with E-state index < -0.39 is 5.91 Å². The van der Waals surface area contributed by atoms with Crippen LogP contribution in [0.4, 0.5) is 5.69 Å². The Morgan fingerprint density at radius 2 is 1.72 bits per heavy atom. The molecule has 0 atom stereocenters. The van der Waals surface area contributed by atoms with Crippen molar-refractivity contribution in [3.63, 3.8) is 0 Å². The van der Waals surface area contributed by atoms with E-state index in [0.29, 0.717) is 12.3 Å². The summed E-state index contributed by atoms with van der Waals surface area (Å²) in [6.45, 7) is 0.457. The van der Waals surface area contributed by atoms with E-state index in [4.69, 9.17) is 4.74 Å². The molecule has 0 unspecified atom stereocenters. The van der Waals surface area contributed by atoms with E-state index in [1.807, 2.05) is 66.7 Å². The lowest BCUT2D eigenvalue weighted by molar-refractivity contribution is -0.112. The molecule has 5 heteroatoms. The fraction of sp³-hybridized carbons (Fsp3) is 0.0370. The Balaban J connectivity index is 1.43. The molecule has 4 nitrogen and oxygen atoms in total. The van der Waals surface area contributed by atoms with Crippen molar-refractivity contribution in [3.8, 4) is 11.8 Å². The van der Waals surface area contributed by atoms with E-state index in [0.717, 1.165) is 20.4 Å². The molecule has 0 spiro atoms. The zero-order valence-corrected chi connectivity index (χ0v) is 19.2. The number of nitrogens with zero attached hydrogens (tertiary/aromatic N) is 1. The van der Waals surface area contributed by atoms with Gasteiger partial charge in [0, 0.05) is 9.26 Å². The fourth-order valence-corrected chi connectivity index (χ4v) is 3.86. The number of carbonyl (C=O) groups is 1. The standard InChI is InChI=1S/C27H19IN2O2/c28-23-8-4-9-24(16-23)30-27(31)22(17-29)15-19-11-13-25(14-12-19)32-18-21-7-3-6-20-5-1-2-10-26(20)21/h1-16H,18H2,(H,30,31)/b22-15+. The number of rotatable bonds is 6. The van der Waals surface area contributed by atoms with Crippen LogP contribution in [-0.4, -0.2) is 5.91 Å². The van der Waals surface area contributed by atoms with Crippen LogP contribution in [0.15, 0.2) is 96.6 Å². The van der Waals surface area contributed by atoms with Crippen LogP contribution >= 0.6 is 22.6 Å². The molecule has 1 amide bonds. The number of anilines is 1. The van der Waals surface area contributed by atoms with Crippen LogP contribution in [0.2, 0.25) is 0 Å². The summed E-state index contributed by atoms with van der Waals surface area (Å²) in [5, 5.41) is 14.6. The van der Waals surface area contributed by atoms with Gasteiger partial charge in [0.15, 0.2) is 0 Å². The van der Waals surface area contributed by atoms with Gasteiger partial charge in [-0.25, -0.2) is 0 Å². The highest BCUT2D eigenvalue weighted by atomic mass is 127. The molecule has 4 rings (SSSR count). The average Bonchev–Trinajstić information content (AvgIpc) is 2.82. The largest absolute Gasteiger partial charge is 0.489 e. The number of amides is 1. The maximum Gasteiger partial charge on any atom is 0.266 e. The van der Waals surface area contributed by atoms with E-state index in [-0.39, 0.29) is 5.57 Å². The van der Waals surface area contributed by atoms with Crippen LogP contribution in [0.5, 0.6) is 5.75 Å². The van der Waals surface area contributed by atoms with Crippen molar-refractivity contribution in [2.75, 3.05) is 5.32 Å². The van der Waals surface area contributed by atoms with Crippen molar-refractivity contribution in [1.82, 2.24) is 0 Å². The second-order valence-electron chi connectivity index (χ2n) is 7.13. The lowest BCUT2D eigenvalue weighted by Gasteiger charge is -2.09. The van der Waals surface area contributed by atoms with Gasteiger partial charge in [0.25, 0.3) is 5.91 Å². The lowest BCUT2D eigenvalue weighted by atomic mass is 10.1. The third kappa shape index (κ3) is 5.34. The molecule has 0 saturated heterocycles. The van der Waals surface area contributed by atoms with Crippen molar-refractivity contribution < 1.29 is 9.53 Å². The Bertz CT molecular complexity index is 1330. The Labute approximate surface area is 200 Å². The summed E-state index contributed by atoms with van der Waals surface area (Å²) in [4.78, 5) is 12.5. The fourth-order valence-electron chi connectivity index (χ4n) is 3.32.